The van der Waals surface area contributed by atoms with Crippen molar-refractivity contribution in [2.24, 2.45) is 17.3 Å². The van der Waals surface area contributed by atoms with E-state index in [2.05, 4.69) is 19.9 Å². The van der Waals surface area contributed by atoms with Gasteiger partial charge in [-0.25, -0.2) is 0 Å². The first-order valence-electron chi connectivity index (χ1n) is 7.72. The smallest absolute Gasteiger partial charge is 0.323 e. The fourth-order valence-corrected chi connectivity index (χ4v) is 3.79. The molecule has 3 heteroatoms. The van der Waals surface area contributed by atoms with E-state index in [-0.39, 0.29) is 11.4 Å². The summed E-state index contributed by atoms with van der Waals surface area (Å²) in [5.74, 6) is -0.435. The van der Waals surface area contributed by atoms with E-state index in [1.807, 2.05) is 0 Å². The average molecular weight is 265 g/mol. The van der Waals surface area contributed by atoms with Crippen LogP contribution in [0.5, 0.6) is 0 Å². The van der Waals surface area contributed by atoms with E-state index >= 15 is 0 Å². The molecule has 3 nitrogen and oxygen atoms in total. The first-order valence-corrected chi connectivity index (χ1v) is 7.72. The van der Waals surface area contributed by atoms with Gasteiger partial charge in [0, 0.05) is 0 Å². The Morgan fingerprint density at radius 3 is 2.26 bits per heavy atom. The van der Waals surface area contributed by atoms with Crippen molar-refractivity contribution in [1.82, 2.24) is 0 Å². The van der Waals surface area contributed by atoms with Gasteiger partial charge in [-0.2, -0.15) is 5.26 Å². The van der Waals surface area contributed by atoms with E-state index in [1.54, 1.807) is 6.92 Å². The van der Waals surface area contributed by atoms with Crippen molar-refractivity contribution in [1.29, 1.82) is 5.26 Å². The van der Waals surface area contributed by atoms with Crippen molar-refractivity contribution < 1.29 is 9.53 Å². The van der Waals surface area contributed by atoms with Gasteiger partial charge < -0.3 is 4.74 Å². The van der Waals surface area contributed by atoms with E-state index in [0.29, 0.717) is 12.5 Å². The van der Waals surface area contributed by atoms with Crippen LogP contribution in [-0.2, 0) is 9.53 Å². The molecule has 1 saturated carbocycles. The first kappa shape index (κ1) is 16.0. The monoisotopic (exact) mass is 265 g/mol. The molecule has 0 unspecified atom stereocenters. The Bertz CT molecular complexity index is 322. The lowest BCUT2D eigenvalue weighted by Gasteiger charge is -2.43. The summed E-state index contributed by atoms with van der Waals surface area (Å²) in [4.78, 5) is 12.1. The van der Waals surface area contributed by atoms with Gasteiger partial charge in [-0.1, -0.05) is 33.1 Å². The Balaban J connectivity index is 3.00. The first-order chi connectivity index (χ1) is 9.16. The topological polar surface area (TPSA) is 50.1 Å². The number of rotatable bonds is 6. The van der Waals surface area contributed by atoms with Crippen LogP contribution in [0.15, 0.2) is 0 Å². The molecule has 1 atom stereocenters. The minimum Gasteiger partial charge on any atom is -0.465 e. The number of hydrogen-bond donors (Lipinski definition) is 0. The number of hydrogen-bond acceptors (Lipinski definition) is 3. The third-order valence-electron chi connectivity index (χ3n) is 4.96. The lowest BCUT2D eigenvalue weighted by molar-refractivity contribution is -0.152. The molecule has 19 heavy (non-hydrogen) atoms. The van der Waals surface area contributed by atoms with Gasteiger partial charge in [0.1, 0.15) is 5.92 Å². The van der Waals surface area contributed by atoms with Crippen molar-refractivity contribution in [3.05, 3.63) is 0 Å². The van der Waals surface area contributed by atoms with E-state index in [0.717, 1.165) is 25.7 Å². The molecule has 0 spiro atoms. The number of ether oxygens (including phenoxy) is 1. The molecule has 1 aliphatic carbocycles. The van der Waals surface area contributed by atoms with Crippen LogP contribution in [0.1, 0.15) is 65.7 Å². The molecule has 1 rings (SSSR count). The highest BCUT2D eigenvalue weighted by molar-refractivity contribution is 5.76. The number of carbonyl (C=O) groups is 1. The van der Waals surface area contributed by atoms with Gasteiger partial charge in [0.15, 0.2) is 0 Å². The molecule has 0 radical (unpaired) electrons. The maximum Gasteiger partial charge on any atom is 0.323 e. The van der Waals surface area contributed by atoms with Crippen LogP contribution in [0, 0.1) is 28.6 Å². The standard InChI is InChI=1S/C16H27NO2/c1-4-16(5-2,13-10-8-7-9-11-13)14(12-17)15(18)19-6-3/h13-14H,4-11H2,1-3H3/t14-/m0/s1. The molecule has 0 amide bonds. The van der Waals surface area contributed by atoms with Crippen molar-refractivity contribution >= 4 is 5.97 Å². The zero-order chi connectivity index (χ0) is 14.3. The van der Waals surface area contributed by atoms with Crippen molar-refractivity contribution in [3.63, 3.8) is 0 Å². The summed E-state index contributed by atoms with van der Waals surface area (Å²) >= 11 is 0. The maximum atomic E-state index is 12.1. The fourth-order valence-electron chi connectivity index (χ4n) is 3.79. The van der Waals surface area contributed by atoms with E-state index in [1.165, 1.54) is 19.3 Å². The van der Waals surface area contributed by atoms with Gasteiger partial charge in [0.25, 0.3) is 0 Å². The van der Waals surface area contributed by atoms with Gasteiger partial charge >= 0.3 is 5.97 Å². The highest BCUT2D eigenvalue weighted by Crippen LogP contribution is 2.49. The molecule has 0 aromatic heterocycles. The summed E-state index contributed by atoms with van der Waals surface area (Å²) in [5, 5.41) is 9.50. The number of nitrogens with zero attached hydrogens (tertiary/aromatic N) is 1. The summed E-state index contributed by atoms with van der Waals surface area (Å²) in [6.07, 6.45) is 7.81. The summed E-state index contributed by atoms with van der Waals surface area (Å²) < 4.78 is 5.13. The summed E-state index contributed by atoms with van der Waals surface area (Å²) in [5.41, 5.74) is -0.193. The second-order valence-corrected chi connectivity index (χ2v) is 5.59. The minimum atomic E-state index is -0.606. The van der Waals surface area contributed by atoms with Crippen LogP contribution in [0.2, 0.25) is 0 Å². The van der Waals surface area contributed by atoms with Crippen LogP contribution < -0.4 is 0 Å². The van der Waals surface area contributed by atoms with Crippen LogP contribution in [0.3, 0.4) is 0 Å². The lowest BCUT2D eigenvalue weighted by Crippen LogP contribution is -2.42. The van der Waals surface area contributed by atoms with Crippen LogP contribution in [0.25, 0.3) is 0 Å². The molecular weight excluding hydrogens is 238 g/mol. The SMILES string of the molecule is CCOC(=O)[C@H](C#N)C(CC)(CC)C1CCCCC1. The molecule has 1 aliphatic rings. The Morgan fingerprint density at radius 2 is 1.84 bits per heavy atom. The van der Waals surface area contributed by atoms with Crippen LogP contribution in [-0.4, -0.2) is 12.6 Å². The third-order valence-corrected chi connectivity index (χ3v) is 4.96. The molecule has 0 aliphatic heterocycles. The highest BCUT2D eigenvalue weighted by atomic mass is 16.5. The molecule has 0 N–H and O–H groups in total. The number of carbonyl (C=O) groups excluding carboxylic acids is 1. The molecule has 108 valence electrons. The largest absolute Gasteiger partial charge is 0.465 e. The number of nitriles is 1. The van der Waals surface area contributed by atoms with E-state index in [9.17, 15) is 10.1 Å². The molecule has 0 bridgehead atoms. The number of esters is 1. The van der Waals surface area contributed by atoms with Gasteiger partial charge in [0.2, 0.25) is 0 Å². The zero-order valence-electron chi connectivity index (χ0n) is 12.6. The van der Waals surface area contributed by atoms with Crippen molar-refractivity contribution in [3.8, 4) is 6.07 Å². The van der Waals surface area contributed by atoms with Crippen molar-refractivity contribution in [2.75, 3.05) is 6.61 Å². The Labute approximate surface area is 117 Å². The molecule has 0 aromatic carbocycles. The highest BCUT2D eigenvalue weighted by Gasteiger charge is 2.47. The van der Waals surface area contributed by atoms with E-state index < -0.39 is 5.92 Å². The quantitative estimate of drug-likeness (QED) is 0.680. The second-order valence-electron chi connectivity index (χ2n) is 5.59. The lowest BCUT2D eigenvalue weighted by atomic mass is 9.59. The predicted octanol–water partition coefficient (Wildman–Crippen LogP) is 4.08. The van der Waals surface area contributed by atoms with Crippen LogP contribution in [0.4, 0.5) is 0 Å². The summed E-state index contributed by atoms with van der Waals surface area (Å²) in [7, 11) is 0. The molecule has 0 heterocycles. The average Bonchev–Trinajstić information content (AvgIpc) is 2.46. The maximum absolute atomic E-state index is 12.1. The fraction of sp³-hybridized carbons (Fsp3) is 0.875. The van der Waals surface area contributed by atoms with Crippen molar-refractivity contribution in [2.45, 2.75) is 65.7 Å². The minimum absolute atomic E-state index is 0.193. The Hall–Kier alpha value is -1.04. The summed E-state index contributed by atoms with van der Waals surface area (Å²) in [6, 6.07) is 2.25. The molecule has 1 fully saturated rings. The Kier molecular flexibility index (Phi) is 6.34. The normalized spacial score (nSPS) is 18.6. The zero-order valence-corrected chi connectivity index (χ0v) is 12.6. The second kappa shape index (κ2) is 7.53. The third kappa shape index (κ3) is 3.29. The van der Waals surface area contributed by atoms with Gasteiger partial charge in [-0.3, -0.25) is 4.79 Å². The predicted molar refractivity (Wildman–Crippen MR) is 75.3 cm³/mol. The van der Waals surface area contributed by atoms with Gasteiger partial charge in [-0.15, -0.1) is 0 Å². The summed E-state index contributed by atoms with van der Waals surface area (Å²) in [6.45, 7) is 6.38. The molecule has 0 aromatic rings. The van der Waals surface area contributed by atoms with Crippen LogP contribution >= 0.6 is 0 Å². The van der Waals surface area contributed by atoms with Gasteiger partial charge in [-0.05, 0) is 43.9 Å². The Morgan fingerprint density at radius 1 is 1.26 bits per heavy atom. The molecular formula is C16H27NO2. The van der Waals surface area contributed by atoms with E-state index in [4.69, 9.17) is 4.74 Å². The van der Waals surface area contributed by atoms with Gasteiger partial charge in [0.05, 0.1) is 12.7 Å². The molecule has 0 saturated heterocycles.